The number of carbonyl (C=O) groups excluding carboxylic acids is 3. The lowest BCUT2D eigenvalue weighted by molar-refractivity contribution is -0.113. The molecule has 1 aliphatic heterocycles. The number of fused-ring (bicyclic) bond motifs is 1. The Bertz CT molecular complexity index is 870. The fourth-order valence-corrected chi connectivity index (χ4v) is 3.28. The van der Waals surface area contributed by atoms with E-state index in [9.17, 15) is 14.4 Å². The summed E-state index contributed by atoms with van der Waals surface area (Å²) >= 11 is 7.38. The molecule has 0 aliphatic carbocycles. The molecule has 0 fully saturated rings. The summed E-state index contributed by atoms with van der Waals surface area (Å²) < 4.78 is 0. The molecule has 3 amide bonds. The lowest BCUT2D eigenvalue weighted by Crippen LogP contribution is -2.20. The van der Waals surface area contributed by atoms with E-state index in [0.29, 0.717) is 22.7 Å². The van der Waals surface area contributed by atoms with Gasteiger partial charge in [-0.25, -0.2) is 0 Å². The molecule has 0 aromatic heterocycles. The average molecular weight is 362 g/mol. The quantitative estimate of drug-likeness (QED) is 0.782. The van der Waals surface area contributed by atoms with Gasteiger partial charge < -0.3 is 16.4 Å². The predicted molar refractivity (Wildman–Crippen MR) is 93.7 cm³/mol. The average Bonchev–Trinajstić information content (AvgIpc) is 2.53. The summed E-state index contributed by atoms with van der Waals surface area (Å²) in [4.78, 5) is 35.9. The molecule has 0 saturated carbocycles. The molecule has 1 aliphatic rings. The number of primary amides is 1. The molecule has 6 nitrogen and oxygen atoms in total. The Morgan fingerprint density at radius 1 is 1.21 bits per heavy atom. The first-order chi connectivity index (χ1) is 11.4. The summed E-state index contributed by atoms with van der Waals surface area (Å²) in [5, 5.41) is 5.59. The molecule has 8 heteroatoms. The van der Waals surface area contributed by atoms with Crippen LogP contribution in [0, 0.1) is 0 Å². The van der Waals surface area contributed by atoms with Crippen molar-refractivity contribution in [2.24, 2.45) is 5.73 Å². The van der Waals surface area contributed by atoms with Crippen LogP contribution in [0.25, 0.3) is 0 Å². The van der Waals surface area contributed by atoms with Crippen molar-refractivity contribution < 1.29 is 14.4 Å². The van der Waals surface area contributed by atoms with Gasteiger partial charge in [0.1, 0.15) is 0 Å². The minimum atomic E-state index is -0.638. The topological polar surface area (TPSA) is 101 Å². The van der Waals surface area contributed by atoms with Crippen LogP contribution < -0.4 is 16.4 Å². The number of rotatable bonds is 3. The van der Waals surface area contributed by atoms with Gasteiger partial charge in [0, 0.05) is 16.1 Å². The number of nitrogens with two attached hydrogens (primary N) is 1. The second-order valence-corrected chi connectivity index (χ2v) is 6.49. The zero-order chi connectivity index (χ0) is 17.3. The zero-order valence-corrected chi connectivity index (χ0v) is 13.8. The Morgan fingerprint density at radius 2 is 2.00 bits per heavy atom. The molecule has 0 bridgehead atoms. The first-order valence-corrected chi connectivity index (χ1v) is 8.28. The summed E-state index contributed by atoms with van der Waals surface area (Å²) in [6.45, 7) is 0. The number of thioether (sulfide) groups is 1. The molecule has 0 saturated heterocycles. The number of halogens is 1. The minimum Gasteiger partial charge on any atom is -0.366 e. The molecule has 4 N–H and O–H groups in total. The predicted octanol–water partition coefficient (Wildman–Crippen LogP) is 2.74. The van der Waals surface area contributed by atoms with E-state index >= 15 is 0 Å². The van der Waals surface area contributed by atoms with Crippen molar-refractivity contribution in [3.8, 4) is 0 Å². The Labute approximate surface area is 146 Å². The molecule has 0 spiro atoms. The van der Waals surface area contributed by atoms with Gasteiger partial charge in [-0.2, -0.15) is 0 Å². The molecule has 0 unspecified atom stereocenters. The fourth-order valence-electron chi connectivity index (χ4n) is 2.22. The van der Waals surface area contributed by atoms with Crippen LogP contribution in [0.5, 0.6) is 0 Å². The highest BCUT2D eigenvalue weighted by atomic mass is 35.5. The van der Waals surface area contributed by atoms with Crippen LogP contribution in [0.2, 0.25) is 5.02 Å². The second-order valence-electron chi connectivity index (χ2n) is 5.06. The van der Waals surface area contributed by atoms with E-state index < -0.39 is 5.91 Å². The van der Waals surface area contributed by atoms with Crippen molar-refractivity contribution in [3.05, 3.63) is 52.5 Å². The Morgan fingerprint density at radius 3 is 2.71 bits per heavy atom. The number of nitrogens with one attached hydrogen (secondary N) is 2. The van der Waals surface area contributed by atoms with Gasteiger partial charge in [-0.05, 0) is 36.4 Å². The standard InChI is InChI=1S/C16H12ClN3O3S/c17-11-6-9(2-3-10(11)15(18)22)19-16(23)8-1-4-13-12(5-8)20-14(21)7-24-13/h1-6H,7H2,(H2,18,22)(H,19,23)(H,20,21). The van der Waals surface area contributed by atoms with Crippen molar-refractivity contribution in [1.82, 2.24) is 0 Å². The van der Waals surface area contributed by atoms with Crippen LogP contribution in [0.15, 0.2) is 41.3 Å². The fraction of sp³-hybridized carbons (Fsp3) is 0.0625. The van der Waals surface area contributed by atoms with Crippen LogP contribution in [0.3, 0.4) is 0 Å². The molecular formula is C16H12ClN3O3S. The van der Waals surface area contributed by atoms with Crippen LogP contribution in [0.1, 0.15) is 20.7 Å². The van der Waals surface area contributed by atoms with Crippen LogP contribution in [0.4, 0.5) is 11.4 Å². The Hall–Kier alpha value is -2.51. The highest BCUT2D eigenvalue weighted by Gasteiger charge is 2.17. The minimum absolute atomic E-state index is 0.0983. The first kappa shape index (κ1) is 16.4. The van der Waals surface area contributed by atoms with E-state index in [-0.39, 0.29) is 22.4 Å². The summed E-state index contributed by atoms with van der Waals surface area (Å²) in [7, 11) is 0. The molecule has 2 aromatic rings. The maximum Gasteiger partial charge on any atom is 0.255 e. The molecule has 24 heavy (non-hydrogen) atoms. The van der Waals surface area contributed by atoms with Gasteiger partial charge in [-0.3, -0.25) is 14.4 Å². The number of hydrogen-bond acceptors (Lipinski definition) is 4. The van der Waals surface area contributed by atoms with Crippen LogP contribution >= 0.6 is 23.4 Å². The van der Waals surface area contributed by atoms with Crippen molar-refractivity contribution >= 4 is 52.5 Å². The van der Waals surface area contributed by atoms with E-state index in [1.54, 1.807) is 24.3 Å². The number of benzene rings is 2. The molecule has 0 radical (unpaired) electrons. The van der Waals surface area contributed by atoms with Crippen molar-refractivity contribution in [2.75, 3.05) is 16.4 Å². The summed E-state index contributed by atoms with van der Waals surface area (Å²) in [5.41, 5.74) is 6.82. The third kappa shape index (κ3) is 3.37. The normalized spacial score (nSPS) is 13.0. The second kappa shape index (κ2) is 6.54. The summed E-state index contributed by atoms with van der Waals surface area (Å²) in [5.74, 6) is -0.728. The monoisotopic (exact) mass is 361 g/mol. The van der Waals surface area contributed by atoms with E-state index in [0.717, 1.165) is 4.90 Å². The molecule has 0 atom stereocenters. The maximum atomic E-state index is 12.3. The van der Waals surface area contributed by atoms with Gasteiger partial charge in [0.25, 0.3) is 5.91 Å². The van der Waals surface area contributed by atoms with E-state index in [2.05, 4.69) is 10.6 Å². The van der Waals surface area contributed by atoms with Gasteiger partial charge in [0.05, 0.1) is 22.0 Å². The number of carbonyl (C=O) groups is 3. The molecule has 2 aromatic carbocycles. The molecule has 1 heterocycles. The molecular weight excluding hydrogens is 350 g/mol. The highest BCUT2D eigenvalue weighted by molar-refractivity contribution is 8.00. The highest BCUT2D eigenvalue weighted by Crippen LogP contribution is 2.32. The van der Waals surface area contributed by atoms with Crippen molar-refractivity contribution in [2.45, 2.75) is 4.90 Å². The van der Waals surface area contributed by atoms with E-state index in [1.807, 2.05) is 0 Å². The Balaban J connectivity index is 1.80. The first-order valence-electron chi connectivity index (χ1n) is 6.91. The smallest absolute Gasteiger partial charge is 0.255 e. The summed E-state index contributed by atoms with van der Waals surface area (Å²) in [6, 6.07) is 9.53. The molecule has 122 valence electrons. The molecule has 3 rings (SSSR count). The van der Waals surface area contributed by atoms with Crippen molar-refractivity contribution in [3.63, 3.8) is 0 Å². The Kier molecular flexibility index (Phi) is 4.46. The number of hydrogen-bond donors (Lipinski definition) is 3. The SMILES string of the molecule is NC(=O)c1ccc(NC(=O)c2ccc3c(c2)NC(=O)CS3)cc1Cl. The third-order valence-electron chi connectivity index (χ3n) is 3.37. The van der Waals surface area contributed by atoms with Gasteiger partial charge in [0.15, 0.2) is 0 Å². The van der Waals surface area contributed by atoms with Gasteiger partial charge in [-0.1, -0.05) is 11.6 Å². The van der Waals surface area contributed by atoms with Gasteiger partial charge >= 0.3 is 0 Å². The zero-order valence-electron chi connectivity index (χ0n) is 12.3. The number of anilines is 2. The number of amides is 3. The lowest BCUT2D eigenvalue weighted by Gasteiger charge is -2.17. The van der Waals surface area contributed by atoms with E-state index in [1.165, 1.54) is 23.9 Å². The van der Waals surface area contributed by atoms with Crippen LogP contribution in [-0.2, 0) is 4.79 Å². The maximum absolute atomic E-state index is 12.3. The van der Waals surface area contributed by atoms with Crippen molar-refractivity contribution in [1.29, 1.82) is 0 Å². The van der Waals surface area contributed by atoms with E-state index in [4.69, 9.17) is 17.3 Å². The largest absolute Gasteiger partial charge is 0.366 e. The van der Waals surface area contributed by atoms with Gasteiger partial charge in [0.2, 0.25) is 11.8 Å². The summed E-state index contributed by atoms with van der Waals surface area (Å²) in [6.07, 6.45) is 0. The third-order valence-corrected chi connectivity index (χ3v) is 4.75. The lowest BCUT2D eigenvalue weighted by atomic mass is 10.1. The van der Waals surface area contributed by atoms with Gasteiger partial charge in [-0.15, -0.1) is 11.8 Å². The van der Waals surface area contributed by atoms with Crippen LogP contribution in [-0.4, -0.2) is 23.5 Å².